The van der Waals surface area contributed by atoms with Gasteiger partial charge in [0.15, 0.2) is 0 Å². The van der Waals surface area contributed by atoms with Crippen LogP contribution in [0.5, 0.6) is 0 Å². The second-order valence-electron chi connectivity index (χ2n) is 1.59. The summed E-state index contributed by atoms with van der Waals surface area (Å²) in [6.07, 6.45) is 0. The third-order valence-electron chi connectivity index (χ3n) is 0.353. The molecule has 0 amide bonds. The van der Waals surface area contributed by atoms with Gasteiger partial charge in [-0.15, -0.1) is 0 Å². The molecule has 0 aromatic carbocycles. The van der Waals surface area contributed by atoms with Gasteiger partial charge < -0.3 is 5.11 Å². The monoisotopic (exact) mass is 89.1 g/mol. The summed E-state index contributed by atoms with van der Waals surface area (Å²) in [7, 11) is 0. The van der Waals surface area contributed by atoms with Crippen LogP contribution in [0.15, 0.2) is 0 Å². The minimum Gasteiger partial charge on any atom is -0.311 e. The van der Waals surface area contributed by atoms with Crippen LogP contribution in [0, 0.1) is 0 Å². The molecule has 0 aromatic rings. The molecule has 2 nitrogen and oxygen atoms in total. The minimum absolute atomic E-state index is 1.07. The first-order chi connectivity index (χ1) is 2.56. The Hall–Kier alpha value is -0.370. The van der Waals surface area contributed by atoms with Crippen LogP contribution in [0.1, 0.15) is 13.8 Å². The Morgan fingerprint density at radius 2 is 1.83 bits per heavy atom. The van der Waals surface area contributed by atoms with Crippen molar-refractivity contribution in [3.63, 3.8) is 0 Å². The van der Waals surface area contributed by atoms with Crippen molar-refractivity contribution in [1.29, 1.82) is 0 Å². The lowest BCUT2D eigenvalue weighted by Gasteiger charge is -1.93. The fourth-order valence-electron chi connectivity index (χ4n) is 0. The predicted octanol–water partition coefficient (Wildman–Crippen LogP) is 0.0792. The van der Waals surface area contributed by atoms with Crippen LogP contribution in [0.25, 0.3) is 0 Å². The third kappa shape index (κ3) is 3.63. The lowest BCUT2D eigenvalue weighted by atomic mass is 10.4. The zero-order chi connectivity index (χ0) is 5.21. The van der Waals surface area contributed by atoms with E-state index in [4.69, 9.17) is 5.11 Å². The number of rotatable bonds is 1. The lowest BCUT2D eigenvalue weighted by molar-refractivity contribution is -0.594. The molecule has 2 heteroatoms. The van der Waals surface area contributed by atoms with Gasteiger partial charge in [-0.2, -0.15) is 0 Å². The molecule has 0 bridgehead atoms. The molecule has 0 saturated carbocycles. The van der Waals surface area contributed by atoms with E-state index in [0.29, 0.717) is 0 Å². The maximum Gasteiger partial charge on any atom is 0.380 e. The van der Waals surface area contributed by atoms with E-state index in [1.54, 1.807) is 0 Å². The molecule has 0 aliphatic carbocycles. The molecule has 0 atom stereocenters. The van der Waals surface area contributed by atoms with Crippen molar-refractivity contribution in [3.05, 3.63) is 0 Å². The highest BCUT2D eigenvalue weighted by molar-refractivity contribution is 5.12. The molecule has 0 aromatic heterocycles. The maximum absolute atomic E-state index is 8.54. The Kier molecular flexibility index (Phi) is 1.30. The van der Waals surface area contributed by atoms with Crippen molar-refractivity contribution in [2.24, 2.45) is 0 Å². The van der Waals surface area contributed by atoms with Crippen molar-refractivity contribution in [2.75, 3.05) is 0 Å². The molecular formula is C4H9O2+. The Labute approximate surface area is 37.1 Å². The highest BCUT2D eigenvalue weighted by Crippen LogP contribution is 1.92. The number of hydrogen-bond donors (Lipinski definition) is 1. The van der Waals surface area contributed by atoms with E-state index in [1.807, 2.05) is 0 Å². The fourth-order valence-corrected chi connectivity index (χ4v) is 0. The molecule has 0 fully saturated rings. The van der Waals surface area contributed by atoms with Crippen molar-refractivity contribution in [1.82, 2.24) is 0 Å². The van der Waals surface area contributed by atoms with Gasteiger partial charge in [-0.25, -0.2) is 4.42 Å². The summed E-state index contributed by atoms with van der Waals surface area (Å²) >= 11 is 0. The number of aliphatic hydroxyl groups is 1. The van der Waals surface area contributed by atoms with Gasteiger partial charge in [0.05, 0.1) is 13.8 Å². The first-order valence-corrected chi connectivity index (χ1v) is 1.72. The molecule has 6 heavy (non-hydrogen) atoms. The van der Waals surface area contributed by atoms with Crippen molar-refractivity contribution < 1.29 is 9.53 Å². The average Bonchev–Trinajstić information content (AvgIpc) is 1.35. The van der Waals surface area contributed by atoms with Crippen molar-refractivity contribution in [3.8, 4) is 0 Å². The van der Waals surface area contributed by atoms with E-state index in [0.717, 1.165) is 0 Å². The average molecular weight is 89.1 g/mol. The van der Waals surface area contributed by atoms with Crippen LogP contribution in [-0.4, -0.2) is 17.7 Å². The molecule has 0 radical (unpaired) electrons. The quantitative estimate of drug-likeness (QED) is 0.358. The highest BCUT2D eigenvalue weighted by atomic mass is 16.5. The van der Waals surface area contributed by atoms with E-state index >= 15 is 0 Å². The van der Waals surface area contributed by atoms with Crippen LogP contribution < -0.4 is 0 Å². The first kappa shape index (κ1) is 5.63. The summed E-state index contributed by atoms with van der Waals surface area (Å²) in [6.45, 7) is 6.03. The fraction of sp³-hybridized carbons (Fsp3) is 0.750. The Morgan fingerprint density at radius 1 is 1.67 bits per heavy atom. The Balaban J connectivity index is 3.45. The molecule has 0 aliphatic heterocycles. The maximum atomic E-state index is 8.54. The molecule has 0 saturated heterocycles. The van der Waals surface area contributed by atoms with E-state index < -0.39 is 5.79 Å². The van der Waals surface area contributed by atoms with Gasteiger partial charge in [-0.1, -0.05) is 0 Å². The highest BCUT2D eigenvalue weighted by Gasteiger charge is 2.19. The van der Waals surface area contributed by atoms with Gasteiger partial charge in [-0.05, 0) is 0 Å². The van der Waals surface area contributed by atoms with Crippen LogP contribution in [0.3, 0.4) is 0 Å². The van der Waals surface area contributed by atoms with Crippen molar-refractivity contribution in [2.45, 2.75) is 19.6 Å². The van der Waals surface area contributed by atoms with Gasteiger partial charge in [0, 0.05) is 0 Å². The van der Waals surface area contributed by atoms with Crippen molar-refractivity contribution >= 4 is 6.79 Å². The van der Waals surface area contributed by atoms with Crippen LogP contribution in [0.4, 0.5) is 0 Å². The molecule has 0 unspecified atom stereocenters. The summed E-state index contributed by atoms with van der Waals surface area (Å²) in [4.78, 5) is 0. The van der Waals surface area contributed by atoms with E-state index in [2.05, 4.69) is 11.2 Å². The van der Waals surface area contributed by atoms with Crippen LogP contribution >= 0.6 is 0 Å². The predicted molar refractivity (Wildman–Crippen MR) is 23.4 cm³/mol. The molecule has 0 spiro atoms. The topological polar surface area (TPSA) is 31.5 Å². The summed E-state index contributed by atoms with van der Waals surface area (Å²) in [5, 5.41) is 8.54. The molecule has 0 rings (SSSR count). The van der Waals surface area contributed by atoms with Crippen LogP contribution in [0.2, 0.25) is 0 Å². The zero-order valence-corrected chi connectivity index (χ0v) is 4.06. The Bertz CT molecular complexity index is 51.1. The van der Waals surface area contributed by atoms with Gasteiger partial charge in [0.25, 0.3) is 6.79 Å². The molecular weight excluding hydrogens is 80.0 g/mol. The minimum atomic E-state index is -1.07. The second-order valence-corrected chi connectivity index (χ2v) is 1.59. The van der Waals surface area contributed by atoms with Gasteiger partial charge >= 0.3 is 5.79 Å². The number of hydrogen-bond acceptors (Lipinski definition) is 1. The zero-order valence-electron chi connectivity index (χ0n) is 4.06. The summed E-state index contributed by atoms with van der Waals surface area (Å²) < 4.78 is 4.24. The Morgan fingerprint density at radius 3 is 1.83 bits per heavy atom. The molecule has 0 aliphatic rings. The third-order valence-corrected chi connectivity index (χ3v) is 0.353. The van der Waals surface area contributed by atoms with E-state index in [9.17, 15) is 0 Å². The SMILES string of the molecule is C=[O+]C(C)(C)O. The van der Waals surface area contributed by atoms with Gasteiger partial charge in [0.1, 0.15) is 0 Å². The number of carbonyl (C=O) groups excluding carboxylic acids is 1. The van der Waals surface area contributed by atoms with E-state index in [1.165, 1.54) is 13.8 Å². The summed E-state index contributed by atoms with van der Waals surface area (Å²) in [5.74, 6) is -1.07. The van der Waals surface area contributed by atoms with Crippen LogP contribution in [-0.2, 0) is 4.42 Å². The lowest BCUT2D eigenvalue weighted by Crippen LogP contribution is -2.17. The second kappa shape index (κ2) is 1.39. The molecule has 36 valence electrons. The summed E-state index contributed by atoms with van der Waals surface area (Å²) in [6, 6.07) is 0. The normalized spacial score (nSPS) is 11.2. The largest absolute Gasteiger partial charge is 0.380 e. The van der Waals surface area contributed by atoms with E-state index in [-0.39, 0.29) is 0 Å². The smallest absolute Gasteiger partial charge is 0.311 e. The van der Waals surface area contributed by atoms with Gasteiger partial charge in [0.2, 0.25) is 0 Å². The standard InChI is InChI=1S/C4H9O2/c1-4(2,5)6-3/h5H,3H2,1-2H3/q+1. The summed E-state index contributed by atoms with van der Waals surface area (Å²) in [5.41, 5.74) is 0. The van der Waals surface area contributed by atoms with Gasteiger partial charge in [-0.3, -0.25) is 0 Å². The molecule has 1 N–H and O–H groups in total. The molecule has 0 heterocycles. The first-order valence-electron chi connectivity index (χ1n) is 1.72.